The van der Waals surface area contributed by atoms with Crippen LogP contribution in [0.15, 0.2) is 30.3 Å². The minimum atomic E-state index is 0.751. The molecule has 1 saturated heterocycles. The molecule has 0 nitrogen and oxygen atoms in total. The second-order valence-corrected chi connectivity index (χ2v) is 5.14. The van der Waals surface area contributed by atoms with E-state index in [4.69, 9.17) is 0 Å². The first kappa shape index (κ1) is 11.0. The van der Waals surface area contributed by atoms with E-state index in [1.807, 2.05) is 25.6 Å². The van der Waals surface area contributed by atoms with Gasteiger partial charge in [-0.25, -0.2) is 0 Å². The molecule has 0 aromatic heterocycles. The number of benzene rings is 1. The summed E-state index contributed by atoms with van der Waals surface area (Å²) in [5, 5.41) is 2.01. The van der Waals surface area contributed by atoms with Crippen LogP contribution in [0.1, 0.15) is 24.7 Å². The molecule has 1 aromatic rings. The zero-order chi connectivity index (χ0) is 9.52. The van der Waals surface area contributed by atoms with E-state index in [9.17, 15) is 0 Å². The Morgan fingerprint density at radius 2 is 1.85 bits per heavy atom. The van der Waals surface area contributed by atoms with Crippen molar-refractivity contribution in [2.45, 2.75) is 19.1 Å². The predicted octanol–water partition coefficient (Wildman–Crippen LogP) is 4.19. The van der Waals surface area contributed by atoms with Gasteiger partial charge in [-0.2, -0.15) is 0 Å². The molecule has 0 saturated carbocycles. The molecular weight excluding hydrogens is 196 g/mol. The summed E-state index contributed by atoms with van der Waals surface area (Å²) in [4.78, 5) is 0. The molecule has 0 amide bonds. The standard InChI is InChI=1S/C9H10S2.C2H6/c1-2-4-8(5-3-1)9-6-10-7-11-9;1-2/h1-5,9H,6-7H2;1-2H3. The van der Waals surface area contributed by atoms with Crippen LogP contribution in [-0.4, -0.2) is 10.8 Å². The Kier molecular flexibility index (Phi) is 5.40. The molecule has 1 aliphatic heterocycles. The molecule has 0 N–H and O–H groups in total. The Hall–Kier alpha value is -0.0800. The topological polar surface area (TPSA) is 0 Å². The normalized spacial score (nSPS) is 20.6. The molecule has 0 spiro atoms. The zero-order valence-electron chi connectivity index (χ0n) is 8.19. The van der Waals surface area contributed by atoms with Gasteiger partial charge in [-0.3, -0.25) is 0 Å². The van der Waals surface area contributed by atoms with E-state index in [2.05, 4.69) is 42.1 Å². The second kappa shape index (κ2) is 6.39. The molecule has 1 atom stereocenters. The summed E-state index contributed by atoms with van der Waals surface area (Å²) in [5.74, 6) is 1.29. The Morgan fingerprint density at radius 1 is 1.15 bits per heavy atom. The van der Waals surface area contributed by atoms with E-state index >= 15 is 0 Å². The molecule has 72 valence electrons. The molecule has 1 fully saturated rings. The lowest BCUT2D eigenvalue weighted by Crippen LogP contribution is -1.89. The van der Waals surface area contributed by atoms with E-state index < -0.39 is 0 Å². The zero-order valence-corrected chi connectivity index (χ0v) is 9.83. The van der Waals surface area contributed by atoms with Crippen LogP contribution in [-0.2, 0) is 0 Å². The van der Waals surface area contributed by atoms with Gasteiger partial charge in [-0.1, -0.05) is 44.2 Å². The SMILES string of the molecule is CC.c1ccc(C2CSCS2)cc1. The number of rotatable bonds is 1. The Morgan fingerprint density at radius 3 is 2.38 bits per heavy atom. The smallest absolute Gasteiger partial charge is 0.0399 e. The highest BCUT2D eigenvalue weighted by Crippen LogP contribution is 2.40. The van der Waals surface area contributed by atoms with Gasteiger partial charge in [0, 0.05) is 16.1 Å². The Balaban J connectivity index is 0.000000396. The lowest BCUT2D eigenvalue weighted by Gasteiger charge is -2.05. The highest BCUT2D eigenvalue weighted by molar-refractivity contribution is 8.19. The van der Waals surface area contributed by atoms with Gasteiger partial charge < -0.3 is 0 Å². The first-order valence-electron chi connectivity index (χ1n) is 4.71. The van der Waals surface area contributed by atoms with Gasteiger partial charge in [0.2, 0.25) is 0 Å². The van der Waals surface area contributed by atoms with Crippen LogP contribution in [0.25, 0.3) is 0 Å². The maximum Gasteiger partial charge on any atom is 0.0399 e. The molecule has 13 heavy (non-hydrogen) atoms. The maximum atomic E-state index is 2.23. The van der Waals surface area contributed by atoms with Crippen molar-refractivity contribution in [1.29, 1.82) is 0 Å². The molecule has 1 aliphatic rings. The molecule has 0 radical (unpaired) electrons. The van der Waals surface area contributed by atoms with Crippen LogP contribution in [0.4, 0.5) is 0 Å². The van der Waals surface area contributed by atoms with E-state index in [0.717, 1.165) is 5.25 Å². The summed E-state index contributed by atoms with van der Waals surface area (Å²) >= 11 is 4.10. The lowest BCUT2D eigenvalue weighted by atomic mass is 10.2. The lowest BCUT2D eigenvalue weighted by molar-refractivity contribution is 1.13. The first-order valence-corrected chi connectivity index (χ1v) is 6.91. The molecule has 1 aromatic carbocycles. The monoisotopic (exact) mass is 212 g/mol. The van der Waals surface area contributed by atoms with Gasteiger partial charge in [-0.05, 0) is 5.56 Å². The van der Waals surface area contributed by atoms with Crippen LogP contribution in [0.3, 0.4) is 0 Å². The fraction of sp³-hybridized carbons (Fsp3) is 0.455. The van der Waals surface area contributed by atoms with Crippen molar-refractivity contribution in [2.24, 2.45) is 0 Å². The van der Waals surface area contributed by atoms with Gasteiger partial charge in [0.1, 0.15) is 0 Å². The van der Waals surface area contributed by atoms with Gasteiger partial charge in [0.25, 0.3) is 0 Å². The van der Waals surface area contributed by atoms with Crippen LogP contribution >= 0.6 is 23.5 Å². The van der Waals surface area contributed by atoms with Crippen LogP contribution in [0, 0.1) is 0 Å². The highest BCUT2D eigenvalue weighted by Gasteiger charge is 2.16. The quantitative estimate of drug-likeness (QED) is 0.684. The van der Waals surface area contributed by atoms with Crippen molar-refractivity contribution < 1.29 is 0 Å². The second-order valence-electron chi connectivity index (χ2n) is 2.55. The number of hydrogen-bond donors (Lipinski definition) is 0. The molecule has 0 aliphatic carbocycles. The highest BCUT2D eigenvalue weighted by atomic mass is 32.2. The van der Waals surface area contributed by atoms with Gasteiger partial charge in [0.15, 0.2) is 0 Å². The van der Waals surface area contributed by atoms with E-state index in [1.165, 1.54) is 16.4 Å². The summed E-state index contributed by atoms with van der Waals surface area (Å²) < 4.78 is 0. The van der Waals surface area contributed by atoms with Crippen molar-refractivity contribution in [2.75, 3.05) is 10.8 Å². The predicted molar refractivity (Wildman–Crippen MR) is 65.4 cm³/mol. The molecule has 2 rings (SSSR count). The first-order chi connectivity index (χ1) is 6.47. The van der Waals surface area contributed by atoms with Gasteiger partial charge >= 0.3 is 0 Å². The van der Waals surface area contributed by atoms with E-state index in [1.54, 1.807) is 0 Å². The van der Waals surface area contributed by atoms with Crippen LogP contribution < -0.4 is 0 Å². The van der Waals surface area contributed by atoms with E-state index in [0.29, 0.717) is 0 Å². The third-order valence-electron chi connectivity index (χ3n) is 1.79. The van der Waals surface area contributed by atoms with E-state index in [-0.39, 0.29) is 0 Å². The third-order valence-corrected chi connectivity index (χ3v) is 4.63. The van der Waals surface area contributed by atoms with Crippen LogP contribution in [0.2, 0.25) is 0 Å². The minimum Gasteiger partial charge on any atom is -0.150 e. The molecule has 1 heterocycles. The summed E-state index contributed by atoms with van der Waals surface area (Å²) in [7, 11) is 0. The average Bonchev–Trinajstić information content (AvgIpc) is 2.75. The largest absolute Gasteiger partial charge is 0.150 e. The summed E-state index contributed by atoms with van der Waals surface area (Å²) in [6, 6.07) is 10.8. The Labute approximate surface area is 89.5 Å². The minimum absolute atomic E-state index is 0.751. The Bertz CT molecular complexity index is 215. The van der Waals surface area contributed by atoms with Crippen molar-refractivity contribution in [3.63, 3.8) is 0 Å². The molecule has 1 unspecified atom stereocenters. The number of thioether (sulfide) groups is 2. The molecular formula is C11H16S2. The van der Waals surface area contributed by atoms with Crippen molar-refractivity contribution in [3.05, 3.63) is 35.9 Å². The van der Waals surface area contributed by atoms with Gasteiger partial charge in [0.05, 0.1) is 0 Å². The average molecular weight is 212 g/mol. The summed E-state index contributed by atoms with van der Waals surface area (Å²) in [6.07, 6.45) is 0. The molecule has 2 heteroatoms. The summed E-state index contributed by atoms with van der Waals surface area (Å²) in [6.45, 7) is 4.00. The van der Waals surface area contributed by atoms with Crippen molar-refractivity contribution in [3.8, 4) is 0 Å². The summed E-state index contributed by atoms with van der Waals surface area (Å²) in [5.41, 5.74) is 1.49. The van der Waals surface area contributed by atoms with Gasteiger partial charge in [-0.15, -0.1) is 23.5 Å². The maximum absolute atomic E-state index is 2.23. The van der Waals surface area contributed by atoms with Crippen molar-refractivity contribution >= 4 is 23.5 Å². The number of hydrogen-bond acceptors (Lipinski definition) is 2. The molecule has 0 bridgehead atoms. The third kappa shape index (κ3) is 3.28. The van der Waals surface area contributed by atoms with Crippen molar-refractivity contribution in [1.82, 2.24) is 0 Å². The fourth-order valence-corrected chi connectivity index (χ4v) is 4.05. The van der Waals surface area contributed by atoms with Crippen LogP contribution in [0.5, 0.6) is 0 Å². The fourth-order valence-electron chi connectivity index (χ4n) is 1.19.